The molecular formula is C36H39N3P2. The highest BCUT2D eigenvalue weighted by Crippen LogP contribution is 2.75. The minimum Gasteiger partial charge on any atom is -0.249 e. The van der Waals surface area contributed by atoms with E-state index < -0.39 is 16.1 Å². The Bertz CT molecular complexity index is 1490. The highest BCUT2D eigenvalue weighted by atomic mass is 31.2. The fourth-order valence-electron chi connectivity index (χ4n) is 6.04. The molecule has 3 unspecified atom stereocenters. The zero-order valence-electron chi connectivity index (χ0n) is 24.2. The van der Waals surface area contributed by atoms with Gasteiger partial charge in [0.05, 0.1) is 11.6 Å². The summed E-state index contributed by atoms with van der Waals surface area (Å²) in [4.78, 5) is 0. The van der Waals surface area contributed by atoms with Gasteiger partial charge in [0.1, 0.15) is 0 Å². The van der Waals surface area contributed by atoms with Crippen LogP contribution in [0.15, 0.2) is 133 Å². The normalized spacial score (nSPS) is 20.5. The SMILES string of the molecule is CCCCN(P(c1ccccc1)c1cccc2ccccc12)P1C(c2ccccc2)N(C)N(C)[C@H]1c1ccccc1. The molecule has 0 N–H and O–H groups in total. The first-order valence-corrected chi connectivity index (χ1v) is 17.4. The van der Waals surface area contributed by atoms with Gasteiger partial charge in [-0.1, -0.05) is 147 Å². The first kappa shape index (κ1) is 28.2. The van der Waals surface area contributed by atoms with Crippen LogP contribution in [0.2, 0.25) is 0 Å². The average Bonchev–Trinajstić information content (AvgIpc) is 3.30. The molecule has 208 valence electrons. The third-order valence-corrected chi connectivity index (χ3v) is 14.6. The smallest absolute Gasteiger partial charge is 0.0844 e. The van der Waals surface area contributed by atoms with Gasteiger partial charge in [0, 0.05) is 42.1 Å². The van der Waals surface area contributed by atoms with Gasteiger partial charge < -0.3 is 0 Å². The van der Waals surface area contributed by atoms with E-state index in [1.165, 1.54) is 45.4 Å². The number of hydrogen-bond donors (Lipinski definition) is 0. The largest absolute Gasteiger partial charge is 0.249 e. The molecule has 4 atom stereocenters. The van der Waals surface area contributed by atoms with E-state index in [4.69, 9.17) is 0 Å². The van der Waals surface area contributed by atoms with Crippen molar-refractivity contribution in [2.24, 2.45) is 0 Å². The lowest BCUT2D eigenvalue weighted by Gasteiger charge is -2.42. The number of unbranched alkanes of at least 4 members (excludes halogenated alkanes) is 1. The van der Waals surface area contributed by atoms with Crippen molar-refractivity contribution < 1.29 is 0 Å². The molecule has 0 amide bonds. The van der Waals surface area contributed by atoms with Gasteiger partial charge in [0.2, 0.25) is 0 Å². The van der Waals surface area contributed by atoms with Crippen molar-refractivity contribution in [2.45, 2.75) is 31.3 Å². The zero-order chi connectivity index (χ0) is 28.2. The lowest BCUT2D eigenvalue weighted by Crippen LogP contribution is -2.32. The molecule has 0 spiro atoms. The maximum Gasteiger partial charge on any atom is 0.0844 e. The molecule has 0 bridgehead atoms. The van der Waals surface area contributed by atoms with Crippen LogP contribution in [0.4, 0.5) is 0 Å². The maximum absolute atomic E-state index is 2.97. The van der Waals surface area contributed by atoms with Crippen LogP contribution in [0, 0.1) is 0 Å². The van der Waals surface area contributed by atoms with E-state index in [-0.39, 0.29) is 11.6 Å². The number of nitrogens with zero attached hydrogens (tertiary/aromatic N) is 3. The van der Waals surface area contributed by atoms with E-state index in [0.717, 1.165) is 6.54 Å². The third kappa shape index (κ3) is 5.63. The molecule has 5 heteroatoms. The number of fused-ring (bicyclic) bond motifs is 1. The molecule has 0 aliphatic carbocycles. The Morgan fingerprint density at radius 3 is 1.73 bits per heavy atom. The van der Waals surface area contributed by atoms with Gasteiger partial charge in [-0.25, -0.2) is 14.5 Å². The summed E-state index contributed by atoms with van der Waals surface area (Å²) in [6.45, 7) is 3.39. The topological polar surface area (TPSA) is 9.72 Å². The summed E-state index contributed by atoms with van der Waals surface area (Å²) in [7, 11) is 3.07. The number of hydrogen-bond acceptors (Lipinski definition) is 3. The third-order valence-electron chi connectivity index (χ3n) is 8.11. The molecule has 3 nitrogen and oxygen atoms in total. The van der Waals surface area contributed by atoms with Gasteiger partial charge in [-0.3, -0.25) is 0 Å². The molecule has 41 heavy (non-hydrogen) atoms. The van der Waals surface area contributed by atoms with Gasteiger partial charge in [-0.2, -0.15) is 0 Å². The first-order chi connectivity index (χ1) is 20.2. The van der Waals surface area contributed by atoms with Gasteiger partial charge in [-0.15, -0.1) is 0 Å². The Morgan fingerprint density at radius 1 is 0.634 bits per heavy atom. The second-order valence-electron chi connectivity index (χ2n) is 10.7. The van der Waals surface area contributed by atoms with Crippen molar-refractivity contribution in [3.63, 3.8) is 0 Å². The summed E-state index contributed by atoms with van der Waals surface area (Å²) >= 11 is 0. The molecular weight excluding hydrogens is 536 g/mol. The van der Waals surface area contributed by atoms with E-state index in [1.54, 1.807) is 0 Å². The summed E-state index contributed by atoms with van der Waals surface area (Å²) in [6, 6.07) is 49.6. The maximum atomic E-state index is 2.97. The Labute approximate surface area is 248 Å². The predicted molar refractivity (Wildman–Crippen MR) is 179 cm³/mol. The number of hydrazine groups is 1. The molecule has 1 aliphatic rings. The molecule has 0 aromatic heterocycles. The highest BCUT2D eigenvalue weighted by Gasteiger charge is 2.50. The highest BCUT2D eigenvalue weighted by molar-refractivity contribution is 7.79. The van der Waals surface area contributed by atoms with E-state index in [1.807, 2.05) is 0 Å². The van der Waals surface area contributed by atoms with Crippen molar-refractivity contribution in [2.75, 3.05) is 20.6 Å². The van der Waals surface area contributed by atoms with Crippen molar-refractivity contribution in [3.05, 3.63) is 145 Å². The fraction of sp³-hybridized carbons (Fsp3) is 0.222. The van der Waals surface area contributed by atoms with E-state index in [9.17, 15) is 0 Å². The van der Waals surface area contributed by atoms with Crippen LogP contribution in [0.3, 0.4) is 0 Å². The average molecular weight is 576 g/mol. The number of rotatable bonds is 9. The van der Waals surface area contributed by atoms with Gasteiger partial charge in [0.15, 0.2) is 0 Å². The van der Waals surface area contributed by atoms with Gasteiger partial charge >= 0.3 is 0 Å². The molecule has 1 aliphatic heterocycles. The van der Waals surface area contributed by atoms with E-state index >= 15 is 0 Å². The van der Waals surface area contributed by atoms with Crippen molar-refractivity contribution in [3.8, 4) is 0 Å². The van der Waals surface area contributed by atoms with Crippen LogP contribution in [0.5, 0.6) is 0 Å². The van der Waals surface area contributed by atoms with Crippen LogP contribution in [-0.2, 0) is 0 Å². The second-order valence-corrected chi connectivity index (χ2v) is 15.3. The molecule has 0 saturated carbocycles. The summed E-state index contributed by atoms with van der Waals surface area (Å²) in [5.41, 5.74) is 2.79. The van der Waals surface area contributed by atoms with Crippen LogP contribution in [0.25, 0.3) is 10.8 Å². The van der Waals surface area contributed by atoms with E-state index in [0.29, 0.717) is 0 Å². The Morgan fingerprint density at radius 2 is 1.15 bits per heavy atom. The lowest BCUT2D eigenvalue weighted by atomic mass is 10.1. The molecule has 6 rings (SSSR count). The van der Waals surface area contributed by atoms with E-state index in [2.05, 4.69) is 169 Å². The standard InChI is InChI=1S/C36H39N3P2/c1-4-5-28-39(40(32-24-13-8-14-25-32)34-27-17-23-29-18-15-16-26-33(29)34)41-35(30-19-9-6-10-20-30)37(2)38(3)36(41)31-21-11-7-12-22-31/h6-27,35-36H,4-5,28H2,1-3H3/t35-,36?,40?,41?/m1/s1. The Balaban J connectivity index is 1.61. The van der Waals surface area contributed by atoms with Crippen molar-refractivity contribution >= 4 is 37.5 Å². The molecule has 1 heterocycles. The van der Waals surface area contributed by atoms with Crippen molar-refractivity contribution in [1.82, 2.24) is 14.5 Å². The zero-order valence-corrected chi connectivity index (χ0v) is 26.0. The fourth-order valence-corrected chi connectivity index (χ4v) is 13.4. The first-order valence-electron chi connectivity index (χ1n) is 14.6. The van der Waals surface area contributed by atoms with Crippen LogP contribution in [0.1, 0.15) is 42.5 Å². The summed E-state index contributed by atoms with van der Waals surface area (Å²) in [5.74, 6) is 0.559. The molecule has 5 aromatic carbocycles. The summed E-state index contributed by atoms with van der Waals surface area (Å²) < 4.78 is 2.97. The van der Waals surface area contributed by atoms with Gasteiger partial charge in [-0.05, 0) is 33.6 Å². The second kappa shape index (κ2) is 13.0. The molecule has 1 fully saturated rings. The predicted octanol–water partition coefficient (Wildman–Crippen LogP) is 8.88. The lowest BCUT2D eigenvalue weighted by molar-refractivity contribution is 0.0252. The van der Waals surface area contributed by atoms with Crippen molar-refractivity contribution in [1.29, 1.82) is 0 Å². The molecule has 0 radical (unpaired) electrons. The van der Waals surface area contributed by atoms with Crippen LogP contribution in [-0.4, -0.2) is 35.1 Å². The van der Waals surface area contributed by atoms with Gasteiger partial charge in [0.25, 0.3) is 0 Å². The van der Waals surface area contributed by atoms with Crippen LogP contribution >= 0.6 is 16.1 Å². The Kier molecular flexibility index (Phi) is 8.92. The number of benzene rings is 5. The quantitative estimate of drug-likeness (QED) is 0.163. The monoisotopic (exact) mass is 575 g/mol. The summed E-state index contributed by atoms with van der Waals surface area (Å²) in [5, 5.41) is 10.6. The minimum absolute atomic E-state index is 0.280. The molecule has 5 aromatic rings. The minimum atomic E-state index is -0.800. The Hall–Kier alpha value is -2.90. The van der Waals surface area contributed by atoms with Crippen LogP contribution < -0.4 is 10.6 Å². The summed E-state index contributed by atoms with van der Waals surface area (Å²) in [6.07, 6.45) is 2.34. The molecule has 1 saturated heterocycles.